The van der Waals surface area contributed by atoms with Crippen molar-refractivity contribution in [3.8, 4) is 67.5 Å². The first kappa shape index (κ1) is 25.0. The lowest BCUT2D eigenvalue weighted by atomic mass is 10.1. The minimum absolute atomic E-state index is 0.753. The van der Waals surface area contributed by atoms with Crippen molar-refractivity contribution in [1.29, 1.82) is 0 Å². The predicted octanol–water partition coefficient (Wildman–Crippen LogP) is 6.85. The van der Waals surface area contributed by atoms with Gasteiger partial charge in [-0.05, 0) is 48.5 Å². The number of benzene rings is 1. The Balaban J connectivity index is 1.10. The van der Waals surface area contributed by atoms with Crippen LogP contribution in [0.15, 0.2) is 135 Å². The van der Waals surface area contributed by atoms with Crippen LogP contribution in [0.4, 0.5) is 0 Å². The predicted molar refractivity (Wildman–Crippen MR) is 161 cm³/mol. The lowest BCUT2D eigenvalue weighted by Gasteiger charge is -2.08. The summed E-state index contributed by atoms with van der Waals surface area (Å²) >= 11 is 0. The van der Waals surface area contributed by atoms with Gasteiger partial charge in [0, 0.05) is 70.6 Å². The van der Waals surface area contributed by atoms with Gasteiger partial charge in [-0.3, -0.25) is 29.9 Å². The Kier molecular flexibility index (Phi) is 6.68. The first-order valence-corrected chi connectivity index (χ1v) is 13.3. The molecule has 1 aromatic carbocycles. The first-order chi connectivity index (χ1) is 20.8. The molecule has 0 unspecified atom stereocenters. The molecule has 0 fully saturated rings. The summed E-state index contributed by atoms with van der Waals surface area (Å²) in [6.07, 6.45) is 17.7. The molecule has 8 nitrogen and oxygen atoms in total. The average molecular weight is 543 g/mol. The highest BCUT2D eigenvalue weighted by Crippen LogP contribution is 2.27. The Morgan fingerprint density at radius 1 is 0.286 bits per heavy atom. The second-order valence-electron chi connectivity index (χ2n) is 9.50. The number of aromatic nitrogens is 8. The summed E-state index contributed by atoms with van der Waals surface area (Å²) in [6, 6.07) is 23.8. The fourth-order valence-corrected chi connectivity index (χ4v) is 4.56. The molecular formula is C34H22N8. The molecule has 8 heteroatoms. The Bertz CT molecular complexity index is 1800. The summed E-state index contributed by atoms with van der Waals surface area (Å²) in [5.74, 6) is 0. The molecule has 7 aromatic rings. The molecule has 0 spiro atoms. The number of nitrogens with zero attached hydrogens (tertiary/aromatic N) is 8. The molecule has 0 bridgehead atoms. The van der Waals surface area contributed by atoms with Gasteiger partial charge in [0.15, 0.2) is 0 Å². The molecule has 0 saturated carbocycles. The third-order valence-corrected chi connectivity index (χ3v) is 6.78. The van der Waals surface area contributed by atoms with E-state index in [2.05, 4.69) is 29.9 Å². The van der Waals surface area contributed by atoms with Crippen molar-refractivity contribution in [3.63, 3.8) is 0 Å². The molecule has 42 heavy (non-hydrogen) atoms. The Morgan fingerprint density at radius 2 is 0.667 bits per heavy atom. The Labute approximate surface area is 242 Å². The minimum atomic E-state index is 0.753. The van der Waals surface area contributed by atoms with E-state index in [1.165, 1.54) is 0 Å². The summed E-state index contributed by atoms with van der Waals surface area (Å²) in [4.78, 5) is 36.1. The van der Waals surface area contributed by atoms with Crippen LogP contribution in [0.3, 0.4) is 0 Å². The van der Waals surface area contributed by atoms with Crippen LogP contribution in [0.2, 0.25) is 0 Å². The van der Waals surface area contributed by atoms with Gasteiger partial charge in [-0.1, -0.05) is 24.3 Å². The van der Waals surface area contributed by atoms with Crippen LogP contribution in [-0.2, 0) is 0 Å². The highest BCUT2D eigenvalue weighted by atomic mass is 14.8. The van der Waals surface area contributed by atoms with Gasteiger partial charge >= 0.3 is 0 Å². The smallest absolute Gasteiger partial charge is 0.0908 e. The van der Waals surface area contributed by atoms with E-state index < -0.39 is 0 Å². The lowest BCUT2D eigenvalue weighted by Crippen LogP contribution is -1.93. The zero-order chi connectivity index (χ0) is 28.1. The van der Waals surface area contributed by atoms with E-state index in [0.717, 1.165) is 67.5 Å². The van der Waals surface area contributed by atoms with E-state index in [0.29, 0.717) is 0 Å². The third kappa shape index (κ3) is 5.24. The molecule has 0 saturated heterocycles. The van der Waals surface area contributed by atoms with Crippen LogP contribution in [0.5, 0.6) is 0 Å². The Morgan fingerprint density at radius 3 is 1.02 bits per heavy atom. The van der Waals surface area contributed by atoms with E-state index >= 15 is 0 Å². The second-order valence-corrected chi connectivity index (χ2v) is 9.50. The molecule has 0 N–H and O–H groups in total. The molecule has 0 aliphatic rings. The normalized spacial score (nSPS) is 10.9. The molecular weight excluding hydrogens is 520 g/mol. The fraction of sp³-hybridized carbons (Fsp3) is 0. The zero-order valence-electron chi connectivity index (χ0n) is 22.3. The largest absolute Gasteiger partial charge is 0.264 e. The van der Waals surface area contributed by atoms with Crippen LogP contribution in [-0.4, -0.2) is 39.9 Å². The summed E-state index contributed by atoms with van der Waals surface area (Å²) in [7, 11) is 0. The summed E-state index contributed by atoms with van der Waals surface area (Å²) < 4.78 is 0. The quantitative estimate of drug-likeness (QED) is 0.225. The monoisotopic (exact) mass is 542 g/mol. The van der Waals surface area contributed by atoms with Crippen LogP contribution in [0.25, 0.3) is 67.5 Å². The van der Waals surface area contributed by atoms with Crippen LogP contribution >= 0.6 is 0 Å². The molecule has 198 valence electrons. The molecule has 7 rings (SSSR count). The molecule has 0 aliphatic carbocycles. The van der Waals surface area contributed by atoms with Gasteiger partial charge in [0.05, 0.1) is 59.0 Å². The van der Waals surface area contributed by atoms with Crippen molar-refractivity contribution in [1.82, 2.24) is 39.9 Å². The lowest BCUT2D eigenvalue weighted by molar-refractivity contribution is 1.19. The van der Waals surface area contributed by atoms with Crippen LogP contribution in [0, 0.1) is 0 Å². The molecule has 6 aromatic heterocycles. The number of hydrogen-bond donors (Lipinski definition) is 0. The molecule has 0 amide bonds. The van der Waals surface area contributed by atoms with Crippen molar-refractivity contribution in [2.24, 2.45) is 0 Å². The van der Waals surface area contributed by atoms with Gasteiger partial charge < -0.3 is 0 Å². The van der Waals surface area contributed by atoms with Crippen molar-refractivity contribution in [2.75, 3.05) is 0 Å². The summed E-state index contributed by atoms with van der Waals surface area (Å²) in [6.45, 7) is 0. The van der Waals surface area contributed by atoms with E-state index in [4.69, 9.17) is 9.97 Å². The Hall–Kier alpha value is -6.02. The maximum Gasteiger partial charge on any atom is 0.0908 e. The number of hydrogen-bond acceptors (Lipinski definition) is 8. The maximum atomic E-state index is 4.85. The van der Waals surface area contributed by atoms with Crippen molar-refractivity contribution in [3.05, 3.63) is 135 Å². The SMILES string of the molecule is c1cncc(-c2ccc(-c3cncc(-c4ccc(-c5cncc(-c6ccc(-c7cccnc7)nc6)n5)cc4)n3)cn2)c1. The third-order valence-electron chi connectivity index (χ3n) is 6.78. The highest BCUT2D eigenvalue weighted by Gasteiger charge is 2.09. The van der Waals surface area contributed by atoms with Gasteiger partial charge in [-0.2, -0.15) is 0 Å². The fourth-order valence-electron chi connectivity index (χ4n) is 4.56. The topological polar surface area (TPSA) is 103 Å². The maximum absolute atomic E-state index is 4.85. The number of rotatable bonds is 6. The van der Waals surface area contributed by atoms with Gasteiger partial charge in [-0.25, -0.2) is 9.97 Å². The van der Waals surface area contributed by atoms with Crippen LogP contribution in [0.1, 0.15) is 0 Å². The zero-order valence-corrected chi connectivity index (χ0v) is 22.3. The average Bonchev–Trinajstić information content (AvgIpc) is 3.09. The molecule has 0 aliphatic heterocycles. The molecule has 0 radical (unpaired) electrons. The van der Waals surface area contributed by atoms with Crippen molar-refractivity contribution in [2.45, 2.75) is 0 Å². The second kappa shape index (κ2) is 11.2. The van der Waals surface area contributed by atoms with Gasteiger partial charge in [0.1, 0.15) is 0 Å². The first-order valence-electron chi connectivity index (χ1n) is 13.3. The van der Waals surface area contributed by atoms with Gasteiger partial charge in [0.2, 0.25) is 0 Å². The number of pyridine rings is 4. The van der Waals surface area contributed by atoms with E-state index in [-0.39, 0.29) is 0 Å². The molecule has 0 atom stereocenters. The van der Waals surface area contributed by atoms with E-state index in [1.54, 1.807) is 49.6 Å². The summed E-state index contributed by atoms with van der Waals surface area (Å²) in [5, 5.41) is 0. The standard InChI is InChI=1S/C34H22N8/c1-3-25(15-35-13-1)29-11-9-27(17-39-29)33-21-37-19-31(41-33)23-5-7-24(8-6-23)32-20-38-22-34(42-32)28-10-12-30(40-18-28)26-4-2-14-36-16-26/h1-22H. The van der Waals surface area contributed by atoms with Crippen LogP contribution < -0.4 is 0 Å². The van der Waals surface area contributed by atoms with Crippen molar-refractivity contribution >= 4 is 0 Å². The summed E-state index contributed by atoms with van der Waals surface area (Å²) in [5.41, 5.74) is 10.4. The van der Waals surface area contributed by atoms with Gasteiger partial charge in [0.25, 0.3) is 0 Å². The minimum Gasteiger partial charge on any atom is -0.264 e. The van der Waals surface area contributed by atoms with E-state index in [9.17, 15) is 0 Å². The molecule has 6 heterocycles. The van der Waals surface area contributed by atoms with Crippen molar-refractivity contribution < 1.29 is 0 Å². The van der Waals surface area contributed by atoms with Gasteiger partial charge in [-0.15, -0.1) is 0 Å². The highest BCUT2D eigenvalue weighted by molar-refractivity contribution is 5.71. The van der Waals surface area contributed by atoms with E-state index in [1.807, 2.05) is 85.2 Å².